The molecule has 1 aliphatic heterocycles. The maximum Gasteiger partial charge on any atom is 0.293 e. The van der Waals surface area contributed by atoms with Crippen molar-refractivity contribution in [3.05, 3.63) is 40.8 Å². The highest BCUT2D eigenvalue weighted by molar-refractivity contribution is 5.34. The molecule has 0 saturated carbocycles. The molecule has 3 rings (SSSR count). The molecule has 8 nitrogen and oxygen atoms in total. The molecule has 124 valence electrons. The lowest BCUT2D eigenvalue weighted by Gasteiger charge is -2.34. The SMILES string of the molecule is CN(C[C@@H]1CN(Cc2ccon2)CCO1)c1nccn(C)c1=O. The summed E-state index contributed by atoms with van der Waals surface area (Å²) in [5.41, 5.74) is 0.808. The normalized spacial score (nSPS) is 19.0. The number of anilines is 1. The summed E-state index contributed by atoms with van der Waals surface area (Å²) in [5.74, 6) is 0.437. The second kappa shape index (κ2) is 6.93. The van der Waals surface area contributed by atoms with E-state index in [1.165, 1.54) is 4.57 Å². The molecule has 0 aliphatic carbocycles. The van der Waals surface area contributed by atoms with E-state index in [4.69, 9.17) is 9.26 Å². The third-order valence-electron chi connectivity index (χ3n) is 3.94. The average molecular weight is 319 g/mol. The van der Waals surface area contributed by atoms with Crippen molar-refractivity contribution in [3.63, 3.8) is 0 Å². The second-order valence-electron chi connectivity index (χ2n) is 5.77. The lowest BCUT2D eigenvalue weighted by atomic mass is 10.2. The first-order valence-corrected chi connectivity index (χ1v) is 7.59. The van der Waals surface area contributed by atoms with Gasteiger partial charge < -0.3 is 18.7 Å². The van der Waals surface area contributed by atoms with E-state index in [9.17, 15) is 4.79 Å². The van der Waals surface area contributed by atoms with E-state index in [0.29, 0.717) is 19.0 Å². The molecule has 2 aromatic rings. The molecule has 2 aromatic heterocycles. The predicted molar refractivity (Wildman–Crippen MR) is 84.3 cm³/mol. The first-order chi connectivity index (χ1) is 11.1. The van der Waals surface area contributed by atoms with E-state index in [1.807, 2.05) is 18.0 Å². The molecule has 1 fully saturated rings. The molecule has 1 aliphatic rings. The van der Waals surface area contributed by atoms with E-state index >= 15 is 0 Å². The minimum atomic E-state index is -0.106. The predicted octanol–water partition coefficient (Wildman–Crippen LogP) is 0.105. The van der Waals surface area contributed by atoms with Crippen LogP contribution in [0.1, 0.15) is 5.69 Å². The molecule has 0 N–H and O–H groups in total. The van der Waals surface area contributed by atoms with Crippen LogP contribution in [-0.4, -0.2) is 59.0 Å². The molecule has 0 bridgehead atoms. The van der Waals surface area contributed by atoms with Crippen LogP contribution in [0.3, 0.4) is 0 Å². The Kier molecular flexibility index (Phi) is 4.73. The molecular weight excluding hydrogens is 298 g/mol. The van der Waals surface area contributed by atoms with Gasteiger partial charge in [0.1, 0.15) is 6.26 Å². The fourth-order valence-electron chi connectivity index (χ4n) is 2.72. The molecule has 0 aromatic carbocycles. The van der Waals surface area contributed by atoms with Gasteiger partial charge in [-0.2, -0.15) is 0 Å². The molecule has 1 atom stereocenters. The summed E-state index contributed by atoms with van der Waals surface area (Å²) in [7, 11) is 3.59. The smallest absolute Gasteiger partial charge is 0.293 e. The van der Waals surface area contributed by atoms with Gasteiger partial charge in [-0.3, -0.25) is 9.69 Å². The average Bonchev–Trinajstić information content (AvgIpc) is 3.03. The van der Waals surface area contributed by atoms with Crippen molar-refractivity contribution in [2.24, 2.45) is 7.05 Å². The Labute approximate surface area is 134 Å². The number of ether oxygens (including phenoxy) is 1. The lowest BCUT2D eigenvalue weighted by molar-refractivity contribution is -0.0271. The van der Waals surface area contributed by atoms with Gasteiger partial charge in [0.25, 0.3) is 5.56 Å². The van der Waals surface area contributed by atoms with Crippen molar-refractivity contribution in [3.8, 4) is 0 Å². The van der Waals surface area contributed by atoms with Crippen molar-refractivity contribution in [2.45, 2.75) is 12.6 Å². The maximum atomic E-state index is 12.1. The van der Waals surface area contributed by atoms with Crippen LogP contribution in [0.15, 0.2) is 34.0 Å². The first-order valence-electron chi connectivity index (χ1n) is 7.59. The second-order valence-corrected chi connectivity index (χ2v) is 5.77. The van der Waals surface area contributed by atoms with Gasteiger partial charge in [0.2, 0.25) is 0 Å². The number of likely N-dealkylation sites (N-methyl/N-ethyl adjacent to an activating group) is 1. The first kappa shape index (κ1) is 15.7. The summed E-state index contributed by atoms with van der Waals surface area (Å²) in [6.07, 6.45) is 4.88. The minimum absolute atomic E-state index is 0.0207. The number of nitrogens with zero attached hydrogens (tertiary/aromatic N) is 5. The monoisotopic (exact) mass is 319 g/mol. The van der Waals surface area contributed by atoms with Gasteiger partial charge in [-0.15, -0.1) is 0 Å². The molecule has 0 spiro atoms. The molecular formula is C15H21N5O3. The van der Waals surface area contributed by atoms with E-state index in [2.05, 4.69) is 15.0 Å². The number of hydrogen-bond acceptors (Lipinski definition) is 7. The largest absolute Gasteiger partial charge is 0.374 e. The van der Waals surface area contributed by atoms with Crippen LogP contribution >= 0.6 is 0 Å². The highest BCUT2D eigenvalue weighted by atomic mass is 16.5. The summed E-state index contributed by atoms with van der Waals surface area (Å²) in [4.78, 5) is 20.4. The van der Waals surface area contributed by atoms with Crippen molar-refractivity contribution in [1.82, 2.24) is 19.6 Å². The quantitative estimate of drug-likeness (QED) is 0.774. The Hall–Kier alpha value is -2.19. The van der Waals surface area contributed by atoms with Crippen LogP contribution in [0, 0.1) is 0 Å². The Balaban J connectivity index is 1.60. The number of aromatic nitrogens is 3. The van der Waals surface area contributed by atoms with E-state index in [0.717, 1.165) is 25.3 Å². The zero-order valence-corrected chi connectivity index (χ0v) is 13.4. The van der Waals surface area contributed by atoms with Crippen LogP contribution < -0.4 is 10.5 Å². The van der Waals surface area contributed by atoms with E-state index in [1.54, 1.807) is 25.7 Å². The Morgan fingerprint density at radius 1 is 1.48 bits per heavy atom. The van der Waals surface area contributed by atoms with Crippen LogP contribution in [0.2, 0.25) is 0 Å². The molecule has 3 heterocycles. The fraction of sp³-hybridized carbons (Fsp3) is 0.533. The topological polar surface area (TPSA) is 76.6 Å². The third-order valence-corrected chi connectivity index (χ3v) is 3.94. The highest BCUT2D eigenvalue weighted by Gasteiger charge is 2.23. The van der Waals surface area contributed by atoms with Gasteiger partial charge in [-0.25, -0.2) is 4.98 Å². The molecule has 23 heavy (non-hydrogen) atoms. The van der Waals surface area contributed by atoms with Crippen molar-refractivity contribution in [2.75, 3.05) is 38.2 Å². The van der Waals surface area contributed by atoms with Crippen molar-refractivity contribution in [1.29, 1.82) is 0 Å². The molecule has 8 heteroatoms. The zero-order chi connectivity index (χ0) is 16.2. The van der Waals surface area contributed by atoms with E-state index < -0.39 is 0 Å². The highest BCUT2D eigenvalue weighted by Crippen LogP contribution is 2.11. The number of rotatable bonds is 5. The fourth-order valence-corrected chi connectivity index (χ4v) is 2.72. The Morgan fingerprint density at radius 3 is 3.13 bits per heavy atom. The van der Waals surface area contributed by atoms with E-state index in [-0.39, 0.29) is 11.7 Å². The number of aryl methyl sites for hydroxylation is 1. The summed E-state index contributed by atoms with van der Waals surface area (Å²) in [6, 6.07) is 1.87. The van der Waals surface area contributed by atoms with Crippen LogP contribution in [0.25, 0.3) is 0 Å². The standard InChI is InChI=1S/C15H21N5O3/c1-18-5-4-16-14(15(18)21)19(2)10-13-11-20(6-8-22-13)9-12-3-7-23-17-12/h3-5,7,13H,6,8-11H2,1-2H3/t13-/m1/s1. The minimum Gasteiger partial charge on any atom is -0.374 e. The Bertz CT molecular complexity index is 685. The van der Waals surface area contributed by atoms with Gasteiger partial charge in [0.15, 0.2) is 5.82 Å². The summed E-state index contributed by atoms with van der Waals surface area (Å²) in [6.45, 7) is 3.66. The molecule has 1 saturated heterocycles. The molecule has 0 unspecified atom stereocenters. The number of hydrogen-bond donors (Lipinski definition) is 0. The van der Waals surface area contributed by atoms with Gasteiger partial charge in [0, 0.05) is 58.7 Å². The van der Waals surface area contributed by atoms with Crippen LogP contribution in [-0.2, 0) is 18.3 Å². The van der Waals surface area contributed by atoms with Crippen LogP contribution in [0.4, 0.5) is 5.82 Å². The molecule has 0 amide bonds. The Morgan fingerprint density at radius 2 is 2.35 bits per heavy atom. The van der Waals surface area contributed by atoms with Gasteiger partial charge in [-0.1, -0.05) is 5.16 Å². The van der Waals surface area contributed by atoms with Crippen LogP contribution in [0.5, 0.6) is 0 Å². The lowest BCUT2D eigenvalue weighted by Crippen LogP contribution is -2.47. The number of morpholine rings is 1. The van der Waals surface area contributed by atoms with Gasteiger partial charge >= 0.3 is 0 Å². The maximum absolute atomic E-state index is 12.1. The van der Waals surface area contributed by atoms with Gasteiger partial charge in [-0.05, 0) is 0 Å². The summed E-state index contributed by atoms with van der Waals surface area (Å²) >= 11 is 0. The van der Waals surface area contributed by atoms with Gasteiger partial charge in [0.05, 0.1) is 18.4 Å². The summed E-state index contributed by atoms with van der Waals surface area (Å²) in [5, 5.41) is 3.94. The third kappa shape index (κ3) is 3.77. The zero-order valence-electron chi connectivity index (χ0n) is 13.4. The van der Waals surface area contributed by atoms with Crippen molar-refractivity contribution < 1.29 is 9.26 Å². The van der Waals surface area contributed by atoms with Crippen molar-refractivity contribution >= 4 is 5.82 Å². The molecule has 0 radical (unpaired) electrons. The summed E-state index contributed by atoms with van der Waals surface area (Å²) < 4.78 is 12.2.